The largest absolute Gasteiger partial charge is 0.465 e. The zero-order valence-electron chi connectivity index (χ0n) is 13.3. The quantitative estimate of drug-likeness (QED) is 0.693. The molecule has 2 unspecified atom stereocenters. The Morgan fingerprint density at radius 1 is 1.35 bits per heavy atom. The summed E-state index contributed by atoms with van der Waals surface area (Å²) in [6.45, 7) is 6.57. The van der Waals surface area contributed by atoms with E-state index in [2.05, 4.69) is 24.2 Å². The van der Waals surface area contributed by atoms with E-state index in [4.69, 9.17) is 4.74 Å². The first-order chi connectivity index (χ1) is 9.61. The monoisotopic (exact) mass is 282 g/mol. The van der Waals surface area contributed by atoms with Crippen LogP contribution in [-0.4, -0.2) is 49.2 Å². The van der Waals surface area contributed by atoms with Gasteiger partial charge in [0.25, 0.3) is 0 Å². The van der Waals surface area contributed by atoms with Gasteiger partial charge in [0.1, 0.15) is 5.54 Å². The number of ether oxygens (including phenoxy) is 1. The second-order valence-electron chi connectivity index (χ2n) is 6.51. The van der Waals surface area contributed by atoms with Gasteiger partial charge in [-0.2, -0.15) is 0 Å². The minimum atomic E-state index is -0.436. The fourth-order valence-corrected chi connectivity index (χ4v) is 3.30. The van der Waals surface area contributed by atoms with E-state index >= 15 is 0 Å². The molecule has 0 heterocycles. The zero-order chi connectivity index (χ0) is 14.6. The Morgan fingerprint density at radius 3 is 2.70 bits per heavy atom. The van der Waals surface area contributed by atoms with E-state index < -0.39 is 5.54 Å². The minimum Gasteiger partial charge on any atom is -0.465 e. The lowest BCUT2D eigenvalue weighted by atomic mass is 9.97. The van der Waals surface area contributed by atoms with Gasteiger partial charge in [-0.25, -0.2) is 0 Å². The van der Waals surface area contributed by atoms with Crippen LogP contribution in [0.25, 0.3) is 0 Å². The Labute approximate surface area is 123 Å². The Morgan fingerprint density at radius 2 is 2.10 bits per heavy atom. The van der Waals surface area contributed by atoms with Crippen LogP contribution in [0.3, 0.4) is 0 Å². The van der Waals surface area contributed by atoms with Crippen molar-refractivity contribution in [2.24, 2.45) is 5.92 Å². The molecule has 20 heavy (non-hydrogen) atoms. The van der Waals surface area contributed by atoms with Gasteiger partial charge >= 0.3 is 5.97 Å². The molecule has 2 aliphatic rings. The first kappa shape index (κ1) is 15.8. The summed E-state index contributed by atoms with van der Waals surface area (Å²) >= 11 is 0. The van der Waals surface area contributed by atoms with Crippen molar-refractivity contribution in [2.45, 2.75) is 64.0 Å². The second-order valence-corrected chi connectivity index (χ2v) is 6.51. The van der Waals surface area contributed by atoms with Gasteiger partial charge in [0, 0.05) is 12.6 Å². The van der Waals surface area contributed by atoms with Crippen molar-refractivity contribution in [1.29, 1.82) is 0 Å². The highest BCUT2D eigenvalue weighted by Crippen LogP contribution is 2.36. The number of nitrogens with zero attached hydrogens (tertiary/aromatic N) is 1. The van der Waals surface area contributed by atoms with Crippen molar-refractivity contribution in [3.8, 4) is 0 Å². The molecule has 0 amide bonds. The number of nitrogens with one attached hydrogen (secondary N) is 1. The van der Waals surface area contributed by atoms with Crippen molar-refractivity contribution < 1.29 is 9.53 Å². The maximum atomic E-state index is 12.4. The smallest absolute Gasteiger partial charge is 0.326 e. The van der Waals surface area contributed by atoms with Crippen LogP contribution in [-0.2, 0) is 9.53 Å². The maximum Gasteiger partial charge on any atom is 0.326 e. The van der Waals surface area contributed by atoms with Crippen molar-refractivity contribution in [1.82, 2.24) is 10.2 Å². The molecule has 2 fully saturated rings. The van der Waals surface area contributed by atoms with Crippen LogP contribution in [0.4, 0.5) is 0 Å². The SMILES string of the molecule is CCCNC1(C(=O)OCC)CCC(N(C)CC2CC2)C1. The summed E-state index contributed by atoms with van der Waals surface area (Å²) in [4.78, 5) is 14.8. The van der Waals surface area contributed by atoms with Gasteiger partial charge in [0.2, 0.25) is 0 Å². The van der Waals surface area contributed by atoms with E-state index in [1.165, 1.54) is 19.4 Å². The van der Waals surface area contributed by atoms with Gasteiger partial charge in [-0.1, -0.05) is 6.92 Å². The average molecular weight is 282 g/mol. The van der Waals surface area contributed by atoms with Crippen molar-refractivity contribution >= 4 is 5.97 Å². The Kier molecular flexibility index (Phi) is 5.44. The average Bonchev–Trinajstić information content (AvgIpc) is 3.13. The molecule has 0 aromatic rings. The molecular formula is C16H30N2O2. The molecule has 1 N–H and O–H groups in total. The summed E-state index contributed by atoms with van der Waals surface area (Å²) in [7, 11) is 2.21. The fourth-order valence-electron chi connectivity index (χ4n) is 3.30. The molecule has 2 aliphatic carbocycles. The molecule has 0 saturated heterocycles. The maximum absolute atomic E-state index is 12.4. The van der Waals surface area contributed by atoms with Gasteiger partial charge in [-0.15, -0.1) is 0 Å². The van der Waals surface area contributed by atoms with E-state index in [9.17, 15) is 4.79 Å². The van der Waals surface area contributed by atoms with Crippen LogP contribution in [0.2, 0.25) is 0 Å². The van der Waals surface area contributed by atoms with Crippen LogP contribution in [0.15, 0.2) is 0 Å². The topological polar surface area (TPSA) is 41.6 Å². The summed E-state index contributed by atoms with van der Waals surface area (Å²) in [5.41, 5.74) is -0.436. The summed E-state index contributed by atoms with van der Waals surface area (Å²) in [6.07, 6.45) is 6.71. The Bertz CT molecular complexity index is 330. The molecule has 0 aromatic heterocycles. The lowest BCUT2D eigenvalue weighted by molar-refractivity contribution is -0.151. The molecule has 2 saturated carbocycles. The number of carbonyl (C=O) groups is 1. The predicted molar refractivity (Wildman–Crippen MR) is 80.7 cm³/mol. The van der Waals surface area contributed by atoms with E-state index in [0.29, 0.717) is 12.6 Å². The van der Waals surface area contributed by atoms with Gasteiger partial charge < -0.3 is 15.0 Å². The van der Waals surface area contributed by atoms with Crippen LogP contribution in [0.5, 0.6) is 0 Å². The highest BCUT2D eigenvalue weighted by molar-refractivity contribution is 5.81. The molecule has 4 nitrogen and oxygen atoms in total. The van der Waals surface area contributed by atoms with E-state index in [-0.39, 0.29) is 5.97 Å². The molecule has 0 bridgehead atoms. The standard InChI is InChI=1S/C16H30N2O2/c1-4-10-17-16(15(19)20-5-2)9-8-14(11-16)18(3)12-13-6-7-13/h13-14,17H,4-12H2,1-3H3. The van der Waals surface area contributed by atoms with Crippen molar-refractivity contribution in [3.63, 3.8) is 0 Å². The molecule has 2 atom stereocenters. The summed E-state index contributed by atoms with van der Waals surface area (Å²) in [5.74, 6) is 0.858. The predicted octanol–water partition coefficient (Wildman–Crippen LogP) is 2.18. The molecule has 2 rings (SSSR count). The normalized spacial score (nSPS) is 29.9. The summed E-state index contributed by atoms with van der Waals surface area (Å²) in [6, 6.07) is 0.518. The molecule has 116 valence electrons. The lowest BCUT2D eigenvalue weighted by Crippen LogP contribution is -2.52. The molecule has 4 heteroatoms. The van der Waals surface area contributed by atoms with Crippen molar-refractivity contribution in [2.75, 3.05) is 26.7 Å². The molecule has 0 aromatic carbocycles. The first-order valence-corrected chi connectivity index (χ1v) is 8.23. The van der Waals surface area contributed by atoms with Gasteiger partial charge in [-0.3, -0.25) is 4.79 Å². The third-order valence-corrected chi connectivity index (χ3v) is 4.73. The summed E-state index contributed by atoms with van der Waals surface area (Å²) < 4.78 is 5.33. The Hall–Kier alpha value is -0.610. The number of carbonyl (C=O) groups excluding carboxylic acids is 1. The van der Waals surface area contributed by atoms with Crippen molar-refractivity contribution in [3.05, 3.63) is 0 Å². The molecule has 0 spiro atoms. The third kappa shape index (κ3) is 3.73. The van der Waals surface area contributed by atoms with Gasteiger partial charge in [0.15, 0.2) is 0 Å². The number of hydrogen-bond donors (Lipinski definition) is 1. The first-order valence-electron chi connectivity index (χ1n) is 8.23. The molecular weight excluding hydrogens is 252 g/mol. The van der Waals surface area contributed by atoms with Crippen LogP contribution in [0.1, 0.15) is 52.4 Å². The Balaban J connectivity index is 1.95. The van der Waals surface area contributed by atoms with Crippen LogP contribution in [0, 0.1) is 5.92 Å². The highest BCUT2D eigenvalue weighted by atomic mass is 16.5. The van der Waals surface area contributed by atoms with E-state index in [1.54, 1.807) is 0 Å². The highest BCUT2D eigenvalue weighted by Gasteiger charge is 2.47. The summed E-state index contributed by atoms with van der Waals surface area (Å²) in [5, 5.41) is 3.48. The number of esters is 1. The molecule has 0 aliphatic heterocycles. The van der Waals surface area contributed by atoms with Gasteiger partial charge in [0.05, 0.1) is 6.61 Å². The molecule has 0 radical (unpaired) electrons. The van der Waals surface area contributed by atoms with Crippen LogP contribution < -0.4 is 5.32 Å². The number of rotatable bonds is 8. The van der Waals surface area contributed by atoms with Crippen LogP contribution >= 0.6 is 0 Å². The number of hydrogen-bond acceptors (Lipinski definition) is 4. The van der Waals surface area contributed by atoms with E-state index in [1.807, 2.05) is 6.92 Å². The van der Waals surface area contributed by atoms with E-state index in [0.717, 1.165) is 38.1 Å². The lowest BCUT2D eigenvalue weighted by Gasteiger charge is -2.30. The third-order valence-electron chi connectivity index (χ3n) is 4.73. The zero-order valence-corrected chi connectivity index (χ0v) is 13.3. The second kappa shape index (κ2) is 6.90. The minimum absolute atomic E-state index is 0.0456. The fraction of sp³-hybridized carbons (Fsp3) is 0.938. The van der Waals surface area contributed by atoms with Gasteiger partial charge in [-0.05, 0) is 65.0 Å².